The van der Waals surface area contributed by atoms with E-state index >= 15 is 0 Å². The average molecular weight is 302 g/mol. The van der Waals surface area contributed by atoms with Crippen LogP contribution in [0, 0.1) is 0 Å². The molecule has 2 heterocycles. The molecule has 106 valence electrons. The van der Waals surface area contributed by atoms with Crippen molar-refractivity contribution in [1.82, 2.24) is 24.8 Å². The van der Waals surface area contributed by atoms with Crippen molar-refractivity contribution in [1.29, 1.82) is 0 Å². The van der Waals surface area contributed by atoms with Crippen molar-refractivity contribution in [3.8, 4) is 5.69 Å². The normalized spacial score (nSPS) is 10.7. The van der Waals surface area contributed by atoms with Crippen LogP contribution in [0.3, 0.4) is 0 Å². The highest BCUT2D eigenvalue weighted by atomic mass is 35.5. The van der Waals surface area contributed by atoms with E-state index in [0.717, 1.165) is 5.69 Å². The Morgan fingerprint density at radius 2 is 1.86 bits per heavy atom. The molecule has 0 aliphatic heterocycles. The second-order valence-electron chi connectivity index (χ2n) is 4.42. The van der Waals surface area contributed by atoms with Gasteiger partial charge in [-0.15, -0.1) is 0 Å². The number of tetrazole rings is 1. The summed E-state index contributed by atoms with van der Waals surface area (Å²) in [6.45, 7) is 0.417. The summed E-state index contributed by atoms with van der Waals surface area (Å²) < 4.78 is 2.50. The highest BCUT2D eigenvalue weighted by Crippen LogP contribution is 2.16. The molecule has 1 aromatic carbocycles. The molecule has 0 saturated heterocycles. The van der Waals surface area contributed by atoms with Crippen molar-refractivity contribution in [3.63, 3.8) is 0 Å². The van der Waals surface area contributed by atoms with E-state index in [1.54, 1.807) is 30.5 Å². The number of hydrogen-bond acceptors (Lipinski definition) is 4. The van der Waals surface area contributed by atoms with Crippen LogP contribution in [0.2, 0.25) is 5.02 Å². The van der Waals surface area contributed by atoms with Crippen LogP contribution in [-0.2, 0) is 13.0 Å². The number of aromatic nitrogens is 5. The Morgan fingerprint density at radius 3 is 2.62 bits per heavy atom. The van der Waals surface area contributed by atoms with Crippen molar-refractivity contribution >= 4 is 11.6 Å². The summed E-state index contributed by atoms with van der Waals surface area (Å²) in [6, 6.07) is 12.7. The van der Waals surface area contributed by atoms with Gasteiger partial charge in [0.2, 0.25) is 0 Å². The van der Waals surface area contributed by atoms with E-state index in [9.17, 15) is 4.79 Å². The van der Waals surface area contributed by atoms with Gasteiger partial charge >= 0.3 is 5.69 Å². The van der Waals surface area contributed by atoms with Gasteiger partial charge in [-0.2, -0.15) is 9.36 Å². The van der Waals surface area contributed by atoms with Gasteiger partial charge in [-0.05, 0) is 34.7 Å². The van der Waals surface area contributed by atoms with Crippen LogP contribution in [-0.4, -0.2) is 24.8 Å². The van der Waals surface area contributed by atoms with Crippen molar-refractivity contribution in [2.24, 2.45) is 0 Å². The molecule has 0 bridgehead atoms. The highest BCUT2D eigenvalue weighted by molar-refractivity contribution is 6.32. The van der Waals surface area contributed by atoms with Crippen LogP contribution < -0.4 is 5.69 Å². The van der Waals surface area contributed by atoms with Crippen LogP contribution in [0.4, 0.5) is 0 Å². The lowest BCUT2D eigenvalue weighted by Crippen LogP contribution is -2.25. The van der Waals surface area contributed by atoms with Crippen LogP contribution in [0.15, 0.2) is 53.5 Å². The molecule has 0 atom stereocenters. The van der Waals surface area contributed by atoms with Gasteiger partial charge in [-0.3, -0.25) is 4.98 Å². The fraction of sp³-hybridized carbons (Fsp3) is 0.143. The number of para-hydroxylation sites is 1. The largest absolute Gasteiger partial charge is 0.368 e. The number of aryl methyl sites for hydroxylation is 2. The number of rotatable bonds is 4. The van der Waals surface area contributed by atoms with E-state index in [1.165, 1.54) is 9.36 Å². The van der Waals surface area contributed by atoms with Crippen molar-refractivity contribution in [3.05, 3.63) is 69.9 Å². The molecular weight excluding hydrogens is 290 g/mol. The second kappa shape index (κ2) is 5.88. The lowest BCUT2D eigenvalue weighted by molar-refractivity contribution is 0.569. The summed E-state index contributed by atoms with van der Waals surface area (Å²) in [5, 5.41) is 8.21. The van der Waals surface area contributed by atoms with E-state index < -0.39 is 0 Å². The SMILES string of the molecule is O=c1n(CCc2ccccn2)nnn1-c1ccccc1Cl. The zero-order chi connectivity index (χ0) is 14.7. The molecule has 0 fully saturated rings. The summed E-state index contributed by atoms with van der Waals surface area (Å²) in [4.78, 5) is 16.5. The number of halogens is 1. The number of benzene rings is 1. The van der Waals surface area contributed by atoms with Gasteiger partial charge < -0.3 is 0 Å². The van der Waals surface area contributed by atoms with Gasteiger partial charge in [0.25, 0.3) is 0 Å². The Morgan fingerprint density at radius 1 is 1.05 bits per heavy atom. The van der Waals surface area contributed by atoms with E-state index in [0.29, 0.717) is 23.7 Å². The van der Waals surface area contributed by atoms with E-state index in [2.05, 4.69) is 15.4 Å². The van der Waals surface area contributed by atoms with Gasteiger partial charge in [0.05, 0.1) is 17.3 Å². The predicted molar refractivity (Wildman–Crippen MR) is 78.6 cm³/mol. The molecule has 0 aliphatic carbocycles. The minimum atomic E-state index is -0.320. The quantitative estimate of drug-likeness (QED) is 0.736. The molecule has 2 aromatic heterocycles. The Hall–Kier alpha value is -2.47. The third kappa shape index (κ3) is 2.85. The third-order valence-electron chi connectivity index (χ3n) is 3.03. The fourth-order valence-corrected chi connectivity index (χ4v) is 2.17. The maximum Gasteiger partial charge on any atom is 0.368 e. The van der Waals surface area contributed by atoms with Gasteiger partial charge in [-0.1, -0.05) is 29.8 Å². The molecule has 7 heteroatoms. The first kappa shape index (κ1) is 13.5. The van der Waals surface area contributed by atoms with Crippen LogP contribution in [0.5, 0.6) is 0 Å². The molecule has 0 amide bonds. The lowest BCUT2D eigenvalue weighted by atomic mass is 10.3. The summed E-state index contributed by atoms with van der Waals surface area (Å²) >= 11 is 6.07. The summed E-state index contributed by atoms with van der Waals surface area (Å²) in [5.41, 5.74) is 1.10. The van der Waals surface area contributed by atoms with Gasteiger partial charge in [-0.25, -0.2) is 4.79 Å². The first-order chi connectivity index (χ1) is 10.3. The van der Waals surface area contributed by atoms with E-state index in [4.69, 9.17) is 11.6 Å². The van der Waals surface area contributed by atoms with Crippen LogP contribution >= 0.6 is 11.6 Å². The topological polar surface area (TPSA) is 65.6 Å². The molecule has 0 radical (unpaired) electrons. The molecule has 0 N–H and O–H groups in total. The predicted octanol–water partition coefficient (Wildman–Crippen LogP) is 1.72. The Balaban J connectivity index is 1.83. The van der Waals surface area contributed by atoms with Crippen LogP contribution in [0.1, 0.15) is 5.69 Å². The standard InChI is InChI=1S/C14H12ClN5O/c15-12-6-1-2-7-13(12)20-14(21)19(17-18-20)10-8-11-5-3-4-9-16-11/h1-7,9H,8,10H2. The molecule has 21 heavy (non-hydrogen) atoms. The Bertz CT molecular complexity index is 796. The molecule has 3 aromatic rings. The third-order valence-corrected chi connectivity index (χ3v) is 3.35. The summed E-state index contributed by atoms with van der Waals surface area (Å²) in [6.07, 6.45) is 2.33. The van der Waals surface area contributed by atoms with Crippen LogP contribution in [0.25, 0.3) is 5.69 Å². The summed E-state index contributed by atoms with van der Waals surface area (Å²) in [7, 11) is 0. The number of hydrogen-bond donors (Lipinski definition) is 0. The Kier molecular flexibility index (Phi) is 3.79. The van der Waals surface area contributed by atoms with Crippen molar-refractivity contribution in [2.45, 2.75) is 13.0 Å². The minimum absolute atomic E-state index is 0.320. The Labute approximate surface area is 125 Å². The number of nitrogens with zero attached hydrogens (tertiary/aromatic N) is 5. The monoisotopic (exact) mass is 301 g/mol. The molecule has 6 nitrogen and oxygen atoms in total. The van der Waals surface area contributed by atoms with Gasteiger partial charge in [0, 0.05) is 18.3 Å². The minimum Gasteiger partial charge on any atom is -0.261 e. The maximum absolute atomic E-state index is 12.3. The van der Waals surface area contributed by atoms with Crippen molar-refractivity contribution in [2.75, 3.05) is 0 Å². The van der Waals surface area contributed by atoms with E-state index in [1.807, 2.05) is 18.2 Å². The van der Waals surface area contributed by atoms with Crippen molar-refractivity contribution < 1.29 is 0 Å². The first-order valence-corrected chi connectivity index (χ1v) is 6.81. The molecule has 0 unspecified atom stereocenters. The molecular formula is C14H12ClN5O. The highest BCUT2D eigenvalue weighted by Gasteiger charge is 2.11. The zero-order valence-electron chi connectivity index (χ0n) is 11.1. The average Bonchev–Trinajstić information content (AvgIpc) is 2.88. The van der Waals surface area contributed by atoms with Gasteiger partial charge in [0.15, 0.2) is 0 Å². The summed E-state index contributed by atoms with van der Waals surface area (Å²) in [5.74, 6) is 0. The smallest absolute Gasteiger partial charge is 0.261 e. The lowest BCUT2D eigenvalue weighted by Gasteiger charge is -2.01. The first-order valence-electron chi connectivity index (χ1n) is 6.43. The molecule has 0 saturated carbocycles. The second-order valence-corrected chi connectivity index (χ2v) is 4.83. The maximum atomic E-state index is 12.3. The molecule has 3 rings (SSSR count). The molecule has 0 spiro atoms. The fourth-order valence-electron chi connectivity index (χ4n) is 1.96. The zero-order valence-corrected chi connectivity index (χ0v) is 11.8. The van der Waals surface area contributed by atoms with E-state index in [-0.39, 0.29) is 5.69 Å². The van der Waals surface area contributed by atoms with Gasteiger partial charge in [0.1, 0.15) is 0 Å². The molecule has 0 aliphatic rings. The number of pyridine rings is 1.